The van der Waals surface area contributed by atoms with Crippen LogP contribution in [0, 0.1) is 0 Å². The fourth-order valence-electron chi connectivity index (χ4n) is 0.453. The van der Waals surface area contributed by atoms with E-state index in [0.29, 0.717) is 0 Å². The number of aromatic hydroxyl groups is 2. The number of amides is 1. The van der Waals surface area contributed by atoms with Gasteiger partial charge in [-0.2, -0.15) is 0 Å². The Morgan fingerprint density at radius 3 is 1.43 bits per heavy atom. The highest BCUT2D eigenvalue weighted by atomic mass is 16.3. The first-order valence-electron chi connectivity index (χ1n) is 4.09. The lowest BCUT2D eigenvalue weighted by atomic mass is 10.3. The summed E-state index contributed by atoms with van der Waals surface area (Å²) in [5, 5.41) is 17.3. The van der Waals surface area contributed by atoms with E-state index < -0.39 is 0 Å². The number of rotatable bonds is 0. The average Bonchev–Trinajstić information content (AvgIpc) is 2.11. The molecule has 0 saturated carbocycles. The molecule has 1 rings (SSSR count). The summed E-state index contributed by atoms with van der Waals surface area (Å²) in [5.74, 6) is 0.431. The third-order valence-electron chi connectivity index (χ3n) is 1.48. The maximum Gasteiger partial charge on any atom is 0.218 e. The third-order valence-corrected chi connectivity index (χ3v) is 1.48. The molecule has 14 heavy (non-hydrogen) atoms. The van der Waals surface area contributed by atoms with Crippen molar-refractivity contribution in [2.45, 2.75) is 6.92 Å². The Balaban J connectivity index is 0.000000255. The van der Waals surface area contributed by atoms with Crippen LogP contribution < -0.4 is 0 Å². The summed E-state index contributed by atoms with van der Waals surface area (Å²) in [6, 6.07) is 5.70. The van der Waals surface area contributed by atoms with Crippen molar-refractivity contribution in [1.82, 2.24) is 4.90 Å². The lowest BCUT2D eigenvalue weighted by Gasteiger charge is -2.02. The maximum atomic E-state index is 10.1. The molecule has 0 aliphatic rings. The molecule has 1 aromatic carbocycles. The van der Waals surface area contributed by atoms with Gasteiger partial charge < -0.3 is 15.1 Å². The molecule has 1 amide bonds. The van der Waals surface area contributed by atoms with Crippen LogP contribution in [0.1, 0.15) is 6.92 Å². The van der Waals surface area contributed by atoms with E-state index >= 15 is 0 Å². The van der Waals surface area contributed by atoms with Gasteiger partial charge in [-0.25, -0.2) is 0 Å². The smallest absolute Gasteiger partial charge is 0.218 e. The summed E-state index contributed by atoms with van der Waals surface area (Å²) in [6.45, 7) is 1.53. The molecule has 0 atom stereocenters. The van der Waals surface area contributed by atoms with Crippen LogP contribution in [0.15, 0.2) is 24.3 Å². The van der Waals surface area contributed by atoms with E-state index in [1.807, 2.05) is 0 Å². The largest absolute Gasteiger partial charge is 0.508 e. The molecule has 4 nitrogen and oxygen atoms in total. The molecule has 0 fully saturated rings. The first kappa shape index (κ1) is 12.3. The number of hydrogen-bond acceptors (Lipinski definition) is 3. The minimum absolute atomic E-state index is 0.0926. The van der Waals surface area contributed by atoms with Crippen LogP contribution in [0.5, 0.6) is 11.5 Å². The van der Waals surface area contributed by atoms with Crippen LogP contribution in [0.3, 0.4) is 0 Å². The van der Waals surface area contributed by atoms with Crippen LogP contribution in [0.2, 0.25) is 0 Å². The van der Waals surface area contributed by atoms with Crippen LogP contribution in [-0.4, -0.2) is 35.1 Å². The highest BCUT2D eigenvalue weighted by Gasteiger charge is 1.87. The van der Waals surface area contributed by atoms with E-state index in [-0.39, 0.29) is 17.4 Å². The van der Waals surface area contributed by atoms with Crippen molar-refractivity contribution in [2.75, 3.05) is 14.1 Å². The number of nitrogens with zero attached hydrogens (tertiary/aromatic N) is 1. The standard InChI is InChI=1S/C6H6O2.C4H9NO/c7-5-1-2-6(8)4-3-5;1-4(6)5(2)3/h1-4,7-8H;1-3H3. The summed E-state index contributed by atoms with van der Waals surface area (Å²) in [4.78, 5) is 11.6. The second kappa shape index (κ2) is 5.85. The SMILES string of the molecule is CC(=O)N(C)C.Oc1ccc(O)cc1. The minimum Gasteiger partial charge on any atom is -0.508 e. The summed E-state index contributed by atoms with van der Waals surface area (Å²) >= 11 is 0. The summed E-state index contributed by atoms with van der Waals surface area (Å²) in [5.41, 5.74) is 0. The highest BCUT2D eigenvalue weighted by Crippen LogP contribution is 2.13. The normalized spacial score (nSPS) is 8.50. The second-order valence-electron chi connectivity index (χ2n) is 2.93. The quantitative estimate of drug-likeness (QED) is 0.614. The van der Waals surface area contributed by atoms with Gasteiger partial charge in [-0.3, -0.25) is 4.79 Å². The number of hydrogen-bond donors (Lipinski definition) is 2. The molecule has 0 heterocycles. The second-order valence-corrected chi connectivity index (χ2v) is 2.93. The predicted octanol–water partition coefficient (Wildman–Crippen LogP) is 1.19. The van der Waals surface area contributed by atoms with Crippen LogP contribution in [0.4, 0.5) is 0 Å². The Kier molecular flexibility index (Phi) is 5.14. The molecule has 0 unspecified atom stereocenters. The number of phenolic OH excluding ortho intramolecular Hbond substituents is 2. The van der Waals surface area contributed by atoms with E-state index in [1.165, 1.54) is 36.1 Å². The predicted molar refractivity (Wildman–Crippen MR) is 54.1 cm³/mol. The fraction of sp³-hybridized carbons (Fsp3) is 0.300. The molecule has 0 aliphatic carbocycles. The van der Waals surface area contributed by atoms with Gasteiger partial charge in [0.15, 0.2) is 0 Å². The Morgan fingerprint density at radius 2 is 1.29 bits per heavy atom. The van der Waals surface area contributed by atoms with Crippen molar-refractivity contribution in [2.24, 2.45) is 0 Å². The zero-order chi connectivity index (χ0) is 11.1. The summed E-state index contributed by atoms with van der Waals surface area (Å²) in [6.07, 6.45) is 0. The van der Waals surface area contributed by atoms with Crippen molar-refractivity contribution in [3.63, 3.8) is 0 Å². The molecule has 0 aliphatic heterocycles. The lowest BCUT2D eigenvalue weighted by Crippen LogP contribution is -2.17. The first-order valence-corrected chi connectivity index (χ1v) is 4.09. The van der Waals surface area contributed by atoms with E-state index in [1.54, 1.807) is 14.1 Å². The molecule has 1 aromatic rings. The van der Waals surface area contributed by atoms with Gasteiger partial charge in [0.25, 0.3) is 0 Å². The Hall–Kier alpha value is -1.71. The van der Waals surface area contributed by atoms with Gasteiger partial charge in [-0.05, 0) is 24.3 Å². The van der Waals surface area contributed by atoms with E-state index in [0.717, 1.165) is 0 Å². The average molecular weight is 197 g/mol. The molecule has 0 spiro atoms. The van der Waals surface area contributed by atoms with Gasteiger partial charge in [-0.15, -0.1) is 0 Å². The zero-order valence-electron chi connectivity index (χ0n) is 8.56. The van der Waals surface area contributed by atoms with Crippen molar-refractivity contribution in [3.05, 3.63) is 24.3 Å². The van der Waals surface area contributed by atoms with E-state index in [9.17, 15) is 4.79 Å². The maximum absolute atomic E-state index is 10.1. The number of benzene rings is 1. The van der Waals surface area contributed by atoms with Gasteiger partial charge in [0.05, 0.1) is 0 Å². The first-order chi connectivity index (χ1) is 6.43. The molecular formula is C10H15NO3. The number of carbonyl (C=O) groups is 1. The number of carbonyl (C=O) groups excluding carboxylic acids is 1. The monoisotopic (exact) mass is 197 g/mol. The number of phenols is 2. The Bertz CT molecular complexity index is 259. The van der Waals surface area contributed by atoms with Gasteiger partial charge in [0.2, 0.25) is 5.91 Å². The fourth-order valence-corrected chi connectivity index (χ4v) is 0.453. The van der Waals surface area contributed by atoms with Crippen molar-refractivity contribution in [1.29, 1.82) is 0 Å². The topological polar surface area (TPSA) is 60.8 Å². The van der Waals surface area contributed by atoms with Crippen LogP contribution in [-0.2, 0) is 4.79 Å². The third kappa shape index (κ3) is 5.88. The van der Waals surface area contributed by atoms with E-state index in [4.69, 9.17) is 10.2 Å². The minimum atomic E-state index is 0.0926. The molecule has 78 valence electrons. The Morgan fingerprint density at radius 1 is 1.07 bits per heavy atom. The summed E-state index contributed by atoms with van der Waals surface area (Å²) < 4.78 is 0. The molecule has 0 aromatic heterocycles. The van der Waals surface area contributed by atoms with Crippen molar-refractivity contribution >= 4 is 5.91 Å². The zero-order valence-corrected chi connectivity index (χ0v) is 8.56. The van der Waals surface area contributed by atoms with Crippen molar-refractivity contribution in [3.8, 4) is 11.5 Å². The Labute approximate surface area is 83.4 Å². The van der Waals surface area contributed by atoms with Crippen molar-refractivity contribution < 1.29 is 15.0 Å². The van der Waals surface area contributed by atoms with Gasteiger partial charge in [-0.1, -0.05) is 0 Å². The van der Waals surface area contributed by atoms with Gasteiger partial charge in [0, 0.05) is 21.0 Å². The van der Waals surface area contributed by atoms with E-state index in [2.05, 4.69) is 0 Å². The van der Waals surface area contributed by atoms with Gasteiger partial charge in [0.1, 0.15) is 11.5 Å². The summed E-state index contributed by atoms with van der Waals surface area (Å²) in [7, 11) is 3.45. The van der Waals surface area contributed by atoms with Crippen LogP contribution in [0.25, 0.3) is 0 Å². The molecule has 2 N–H and O–H groups in total. The van der Waals surface area contributed by atoms with Crippen LogP contribution >= 0.6 is 0 Å². The lowest BCUT2D eigenvalue weighted by molar-refractivity contribution is -0.126. The molecular weight excluding hydrogens is 182 g/mol. The molecule has 0 bridgehead atoms. The highest BCUT2D eigenvalue weighted by molar-refractivity contribution is 5.72. The molecule has 0 radical (unpaired) electrons. The molecule has 4 heteroatoms. The molecule has 0 saturated heterocycles. The van der Waals surface area contributed by atoms with Gasteiger partial charge >= 0.3 is 0 Å².